The molecule has 2 aliphatic carbocycles. The summed E-state index contributed by atoms with van der Waals surface area (Å²) < 4.78 is 5.84. The van der Waals surface area contributed by atoms with Crippen LogP contribution in [0.1, 0.15) is 51.9 Å². The van der Waals surface area contributed by atoms with E-state index in [0.29, 0.717) is 6.04 Å². The van der Waals surface area contributed by atoms with Crippen molar-refractivity contribution in [2.45, 2.75) is 63.5 Å². The third kappa shape index (κ3) is 2.07. The zero-order valence-electron chi connectivity index (χ0n) is 10.2. The van der Waals surface area contributed by atoms with Crippen molar-refractivity contribution in [2.24, 2.45) is 5.92 Å². The van der Waals surface area contributed by atoms with Crippen molar-refractivity contribution in [3.8, 4) is 0 Å². The molecule has 0 aromatic carbocycles. The number of ether oxygens (including phenoxy) is 1. The van der Waals surface area contributed by atoms with Gasteiger partial charge in [0.2, 0.25) is 0 Å². The van der Waals surface area contributed by atoms with Gasteiger partial charge in [-0.2, -0.15) is 0 Å². The maximum Gasteiger partial charge on any atom is 0.0833 e. The zero-order chi connectivity index (χ0) is 10.7. The minimum absolute atomic E-state index is 0.186. The summed E-state index contributed by atoms with van der Waals surface area (Å²) in [7, 11) is 1.90. The molecule has 0 saturated heterocycles. The molecular weight excluding hydrogens is 186 g/mol. The molecule has 1 N–H and O–H groups in total. The zero-order valence-corrected chi connectivity index (χ0v) is 10.2. The van der Waals surface area contributed by atoms with E-state index in [1.54, 1.807) is 0 Å². The predicted octanol–water partition coefficient (Wildman–Crippen LogP) is 2.72. The van der Waals surface area contributed by atoms with Gasteiger partial charge in [0, 0.05) is 13.2 Å². The molecule has 2 fully saturated rings. The fraction of sp³-hybridized carbons (Fsp3) is 1.00. The standard InChI is InChI=1S/C13H25NO/c1-3-14-12(11-7-4-5-8-11)13(15-2)9-6-10-13/h11-12,14H,3-10H2,1-2H3. The number of hydrogen-bond acceptors (Lipinski definition) is 2. The molecule has 0 spiro atoms. The van der Waals surface area contributed by atoms with E-state index in [-0.39, 0.29) is 5.60 Å². The van der Waals surface area contributed by atoms with Crippen LogP contribution in [0.5, 0.6) is 0 Å². The van der Waals surface area contributed by atoms with Gasteiger partial charge in [0.1, 0.15) is 0 Å². The van der Waals surface area contributed by atoms with Crippen LogP contribution in [-0.4, -0.2) is 25.3 Å². The molecule has 0 aromatic heterocycles. The lowest BCUT2D eigenvalue weighted by atomic mass is 9.70. The van der Waals surface area contributed by atoms with Gasteiger partial charge in [-0.05, 0) is 44.6 Å². The second kappa shape index (κ2) is 4.84. The Morgan fingerprint density at radius 3 is 2.33 bits per heavy atom. The summed E-state index contributed by atoms with van der Waals surface area (Å²) in [6.45, 7) is 3.29. The van der Waals surface area contributed by atoms with Crippen LogP contribution >= 0.6 is 0 Å². The Labute approximate surface area is 93.8 Å². The lowest BCUT2D eigenvalue weighted by Crippen LogP contribution is -2.59. The lowest BCUT2D eigenvalue weighted by Gasteiger charge is -2.49. The van der Waals surface area contributed by atoms with Crippen LogP contribution in [0, 0.1) is 5.92 Å². The normalized spacial score (nSPS) is 27.6. The average Bonchev–Trinajstić information content (AvgIpc) is 2.68. The molecule has 0 bridgehead atoms. The van der Waals surface area contributed by atoms with Gasteiger partial charge in [-0.3, -0.25) is 0 Å². The highest BCUT2D eigenvalue weighted by atomic mass is 16.5. The first kappa shape index (κ1) is 11.4. The van der Waals surface area contributed by atoms with Crippen molar-refractivity contribution in [2.75, 3.05) is 13.7 Å². The molecule has 2 heteroatoms. The van der Waals surface area contributed by atoms with E-state index < -0.39 is 0 Å². The van der Waals surface area contributed by atoms with Crippen molar-refractivity contribution in [1.29, 1.82) is 0 Å². The SMILES string of the molecule is CCNC(C1CCCC1)C1(OC)CCC1. The monoisotopic (exact) mass is 211 g/mol. The van der Waals surface area contributed by atoms with Gasteiger partial charge < -0.3 is 10.1 Å². The van der Waals surface area contributed by atoms with Crippen LogP contribution in [0.25, 0.3) is 0 Å². The first-order valence-electron chi connectivity index (χ1n) is 6.61. The summed E-state index contributed by atoms with van der Waals surface area (Å²) in [5, 5.41) is 3.69. The highest BCUT2D eigenvalue weighted by Crippen LogP contribution is 2.44. The van der Waals surface area contributed by atoms with E-state index in [0.717, 1.165) is 12.5 Å². The van der Waals surface area contributed by atoms with Crippen LogP contribution in [0.3, 0.4) is 0 Å². The second-order valence-corrected chi connectivity index (χ2v) is 5.20. The summed E-state index contributed by atoms with van der Waals surface area (Å²) in [5.74, 6) is 0.866. The number of rotatable bonds is 5. The fourth-order valence-electron chi connectivity index (χ4n) is 3.46. The van der Waals surface area contributed by atoms with E-state index in [2.05, 4.69) is 12.2 Å². The Kier molecular flexibility index (Phi) is 3.68. The summed E-state index contributed by atoms with van der Waals surface area (Å²) >= 11 is 0. The summed E-state index contributed by atoms with van der Waals surface area (Å²) in [5.41, 5.74) is 0.186. The molecule has 1 atom stereocenters. The van der Waals surface area contributed by atoms with E-state index in [1.807, 2.05) is 7.11 Å². The minimum Gasteiger partial charge on any atom is -0.377 e. The predicted molar refractivity (Wildman–Crippen MR) is 63.0 cm³/mol. The highest BCUT2D eigenvalue weighted by molar-refractivity contribution is 5.03. The fourth-order valence-corrected chi connectivity index (χ4v) is 3.46. The van der Waals surface area contributed by atoms with Crippen LogP contribution in [0.15, 0.2) is 0 Å². The molecule has 2 nitrogen and oxygen atoms in total. The highest BCUT2D eigenvalue weighted by Gasteiger charge is 2.47. The summed E-state index contributed by atoms with van der Waals surface area (Å²) in [6.07, 6.45) is 9.53. The van der Waals surface area contributed by atoms with Crippen LogP contribution in [-0.2, 0) is 4.74 Å². The second-order valence-electron chi connectivity index (χ2n) is 5.20. The molecule has 2 saturated carbocycles. The molecule has 0 amide bonds. The number of nitrogens with one attached hydrogen (secondary N) is 1. The Bertz CT molecular complexity index is 189. The van der Waals surface area contributed by atoms with Gasteiger partial charge >= 0.3 is 0 Å². The lowest BCUT2D eigenvalue weighted by molar-refractivity contribution is -0.110. The Morgan fingerprint density at radius 1 is 1.27 bits per heavy atom. The molecule has 0 heterocycles. The third-order valence-electron chi connectivity index (χ3n) is 4.47. The molecule has 88 valence electrons. The Morgan fingerprint density at radius 2 is 1.93 bits per heavy atom. The number of methoxy groups -OCH3 is 1. The van der Waals surface area contributed by atoms with Gasteiger partial charge in [-0.15, -0.1) is 0 Å². The van der Waals surface area contributed by atoms with E-state index in [9.17, 15) is 0 Å². The van der Waals surface area contributed by atoms with E-state index >= 15 is 0 Å². The Hall–Kier alpha value is -0.0800. The average molecular weight is 211 g/mol. The first-order valence-corrected chi connectivity index (χ1v) is 6.61. The van der Waals surface area contributed by atoms with Crippen molar-refractivity contribution in [1.82, 2.24) is 5.32 Å². The maximum absolute atomic E-state index is 5.84. The van der Waals surface area contributed by atoms with Crippen molar-refractivity contribution in [3.63, 3.8) is 0 Å². The molecule has 1 unspecified atom stereocenters. The number of hydrogen-bond donors (Lipinski definition) is 1. The van der Waals surface area contributed by atoms with Crippen molar-refractivity contribution in [3.05, 3.63) is 0 Å². The molecule has 0 aliphatic heterocycles. The number of likely N-dealkylation sites (N-methyl/N-ethyl adjacent to an activating group) is 1. The molecule has 0 aromatic rings. The molecule has 2 aliphatic rings. The van der Waals surface area contributed by atoms with Gasteiger partial charge in [0.25, 0.3) is 0 Å². The van der Waals surface area contributed by atoms with Gasteiger partial charge in [-0.1, -0.05) is 19.8 Å². The van der Waals surface area contributed by atoms with Crippen molar-refractivity contribution < 1.29 is 4.74 Å². The molecule has 15 heavy (non-hydrogen) atoms. The maximum atomic E-state index is 5.84. The smallest absolute Gasteiger partial charge is 0.0833 e. The summed E-state index contributed by atoms with van der Waals surface area (Å²) in [4.78, 5) is 0. The third-order valence-corrected chi connectivity index (χ3v) is 4.47. The first-order chi connectivity index (χ1) is 7.32. The van der Waals surface area contributed by atoms with Crippen molar-refractivity contribution >= 4 is 0 Å². The van der Waals surface area contributed by atoms with Crippen LogP contribution in [0.2, 0.25) is 0 Å². The minimum atomic E-state index is 0.186. The van der Waals surface area contributed by atoms with Crippen LogP contribution in [0.4, 0.5) is 0 Å². The van der Waals surface area contributed by atoms with E-state index in [1.165, 1.54) is 44.9 Å². The van der Waals surface area contributed by atoms with E-state index in [4.69, 9.17) is 4.74 Å². The van der Waals surface area contributed by atoms with Crippen LogP contribution < -0.4 is 5.32 Å². The molecule has 2 rings (SSSR count). The molecule has 0 radical (unpaired) electrons. The van der Waals surface area contributed by atoms with Gasteiger partial charge in [-0.25, -0.2) is 0 Å². The molecular formula is C13H25NO. The largest absolute Gasteiger partial charge is 0.377 e. The summed E-state index contributed by atoms with van der Waals surface area (Å²) in [6, 6.07) is 0.615. The van der Waals surface area contributed by atoms with Gasteiger partial charge in [0.05, 0.1) is 5.60 Å². The van der Waals surface area contributed by atoms with Gasteiger partial charge in [0.15, 0.2) is 0 Å². The Balaban J connectivity index is 2.03. The topological polar surface area (TPSA) is 21.3 Å². The quantitative estimate of drug-likeness (QED) is 0.755.